The van der Waals surface area contributed by atoms with Gasteiger partial charge in [-0.1, -0.05) is 32.1 Å². The lowest BCUT2D eigenvalue weighted by atomic mass is 9.85. The molecule has 0 aromatic rings. The van der Waals surface area contributed by atoms with Crippen LogP contribution in [0.15, 0.2) is 0 Å². The van der Waals surface area contributed by atoms with E-state index in [1.165, 1.54) is 13.3 Å². The monoisotopic (exact) mass is 214 g/mol. The molecule has 0 aromatic carbocycles. The van der Waals surface area contributed by atoms with Crippen LogP contribution in [0.2, 0.25) is 0 Å². The smallest absolute Gasteiger partial charge is 0.345 e. The minimum absolute atomic E-state index is 0.402. The lowest BCUT2D eigenvalue weighted by Gasteiger charge is -2.24. The number of esters is 1. The van der Waals surface area contributed by atoms with Gasteiger partial charge >= 0.3 is 11.9 Å². The summed E-state index contributed by atoms with van der Waals surface area (Å²) in [6, 6.07) is 0. The van der Waals surface area contributed by atoms with Crippen molar-refractivity contribution in [1.29, 1.82) is 0 Å². The van der Waals surface area contributed by atoms with E-state index in [9.17, 15) is 9.59 Å². The summed E-state index contributed by atoms with van der Waals surface area (Å²) >= 11 is 0. The van der Waals surface area contributed by atoms with E-state index in [1.807, 2.05) is 0 Å². The van der Waals surface area contributed by atoms with E-state index in [0.29, 0.717) is 12.3 Å². The molecule has 0 bridgehead atoms. The van der Waals surface area contributed by atoms with E-state index in [1.54, 1.807) is 0 Å². The summed E-state index contributed by atoms with van der Waals surface area (Å²) in [5.74, 6) is -1.15. The van der Waals surface area contributed by atoms with E-state index in [4.69, 9.17) is 9.84 Å². The quantitative estimate of drug-likeness (QED) is 0.727. The normalized spacial score (nSPS) is 19.5. The summed E-state index contributed by atoms with van der Waals surface area (Å²) in [5, 5.41) is 8.88. The maximum Gasteiger partial charge on any atom is 0.345 e. The van der Waals surface area contributed by atoms with Gasteiger partial charge in [0, 0.05) is 6.92 Å². The zero-order valence-electron chi connectivity index (χ0n) is 9.07. The van der Waals surface area contributed by atoms with Crippen molar-refractivity contribution in [3.8, 4) is 0 Å². The fourth-order valence-electron chi connectivity index (χ4n) is 2.13. The first kappa shape index (κ1) is 12.0. The first-order valence-corrected chi connectivity index (χ1v) is 5.49. The Balaban J connectivity index is 2.42. The fraction of sp³-hybridized carbons (Fsp3) is 0.818. The zero-order valence-corrected chi connectivity index (χ0v) is 9.07. The van der Waals surface area contributed by atoms with Gasteiger partial charge in [-0.25, -0.2) is 4.79 Å². The topological polar surface area (TPSA) is 63.6 Å². The minimum Gasteiger partial charge on any atom is -0.479 e. The van der Waals surface area contributed by atoms with Crippen molar-refractivity contribution >= 4 is 11.9 Å². The molecular weight excluding hydrogens is 196 g/mol. The first-order valence-electron chi connectivity index (χ1n) is 5.49. The fourth-order valence-corrected chi connectivity index (χ4v) is 2.13. The molecule has 1 atom stereocenters. The number of hydrogen-bond acceptors (Lipinski definition) is 3. The standard InChI is InChI=1S/C11H18O4/c1-8(12)15-10(11(13)14)7-9-5-3-2-4-6-9/h9-10H,2-7H2,1H3,(H,13,14). The number of hydrogen-bond donors (Lipinski definition) is 1. The largest absolute Gasteiger partial charge is 0.479 e. The Morgan fingerprint density at radius 1 is 1.33 bits per heavy atom. The molecule has 1 rings (SSSR count). The minimum atomic E-state index is -1.03. The number of carboxylic acids is 1. The molecule has 0 spiro atoms. The number of ether oxygens (including phenoxy) is 1. The van der Waals surface area contributed by atoms with Crippen molar-refractivity contribution in [3.05, 3.63) is 0 Å². The van der Waals surface area contributed by atoms with Crippen LogP contribution in [0.4, 0.5) is 0 Å². The van der Waals surface area contributed by atoms with E-state index in [0.717, 1.165) is 25.7 Å². The van der Waals surface area contributed by atoms with Crippen molar-refractivity contribution in [2.45, 2.75) is 51.6 Å². The van der Waals surface area contributed by atoms with Crippen LogP contribution in [0.5, 0.6) is 0 Å². The third-order valence-corrected chi connectivity index (χ3v) is 2.86. The van der Waals surface area contributed by atoms with Crippen molar-refractivity contribution in [1.82, 2.24) is 0 Å². The third-order valence-electron chi connectivity index (χ3n) is 2.86. The molecule has 1 N–H and O–H groups in total. The van der Waals surface area contributed by atoms with Crippen molar-refractivity contribution in [2.75, 3.05) is 0 Å². The molecule has 1 unspecified atom stereocenters. The predicted octanol–water partition coefficient (Wildman–Crippen LogP) is 1.97. The van der Waals surface area contributed by atoms with Crippen molar-refractivity contribution < 1.29 is 19.4 Å². The van der Waals surface area contributed by atoms with Crippen LogP contribution in [0.3, 0.4) is 0 Å². The van der Waals surface area contributed by atoms with E-state index in [2.05, 4.69) is 0 Å². The maximum atomic E-state index is 10.8. The summed E-state index contributed by atoms with van der Waals surface area (Å²) in [5.41, 5.74) is 0. The van der Waals surface area contributed by atoms with Gasteiger partial charge in [0.15, 0.2) is 6.10 Å². The Kier molecular flexibility index (Phi) is 4.59. The molecule has 4 heteroatoms. The molecule has 1 aliphatic carbocycles. The Labute approximate surface area is 89.6 Å². The second-order valence-corrected chi connectivity index (χ2v) is 4.18. The molecular formula is C11H18O4. The molecule has 0 aromatic heterocycles. The third kappa shape index (κ3) is 4.32. The summed E-state index contributed by atoms with van der Waals surface area (Å²) in [6.45, 7) is 1.25. The summed E-state index contributed by atoms with van der Waals surface area (Å²) in [7, 11) is 0. The van der Waals surface area contributed by atoms with Crippen LogP contribution in [0, 0.1) is 5.92 Å². The van der Waals surface area contributed by atoms with Gasteiger partial charge < -0.3 is 9.84 Å². The summed E-state index contributed by atoms with van der Waals surface area (Å²) < 4.78 is 4.78. The lowest BCUT2D eigenvalue weighted by molar-refractivity contribution is -0.163. The molecule has 1 fully saturated rings. The molecule has 0 radical (unpaired) electrons. The number of carbonyl (C=O) groups is 2. The molecule has 1 saturated carbocycles. The Hall–Kier alpha value is -1.06. The van der Waals surface area contributed by atoms with Crippen LogP contribution in [0.25, 0.3) is 0 Å². The van der Waals surface area contributed by atoms with Crippen LogP contribution in [0.1, 0.15) is 45.4 Å². The number of rotatable bonds is 4. The van der Waals surface area contributed by atoms with Gasteiger partial charge in [-0.2, -0.15) is 0 Å². The molecule has 0 heterocycles. The second kappa shape index (κ2) is 5.73. The van der Waals surface area contributed by atoms with Gasteiger partial charge in [0.25, 0.3) is 0 Å². The van der Waals surface area contributed by atoms with Crippen molar-refractivity contribution in [2.24, 2.45) is 5.92 Å². The van der Waals surface area contributed by atoms with E-state index in [-0.39, 0.29) is 0 Å². The van der Waals surface area contributed by atoms with Crippen LogP contribution < -0.4 is 0 Å². The average molecular weight is 214 g/mol. The highest BCUT2D eigenvalue weighted by atomic mass is 16.6. The molecule has 0 saturated heterocycles. The van der Waals surface area contributed by atoms with Gasteiger partial charge in [0.2, 0.25) is 0 Å². The highest BCUT2D eigenvalue weighted by Gasteiger charge is 2.26. The average Bonchev–Trinajstić information content (AvgIpc) is 2.17. The summed E-state index contributed by atoms with van der Waals surface area (Å²) in [4.78, 5) is 21.5. The SMILES string of the molecule is CC(=O)OC(CC1CCCCC1)C(=O)O. The highest BCUT2D eigenvalue weighted by Crippen LogP contribution is 2.28. The first-order chi connectivity index (χ1) is 7.09. The predicted molar refractivity (Wildman–Crippen MR) is 54.4 cm³/mol. The molecule has 86 valence electrons. The van der Waals surface area contributed by atoms with E-state index >= 15 is 0 Å². The van der Waals surface area contributed by atoms with Gasteiger partial charge in [0.1, 0.15) is 0 Å². The Morgan fingerprint density at radius 3 is 2.40 bits per heavy atom. The summed E-state index contributed by atoms with van der Waals surface area (Å²) in [6.07, 6.45) is 5.20. The molecule has 1 aliphatic rings. The Morgan fingerprint density at radius 2 is 1.93 bits per heavy atom. The lowest BCUT2D eigenvalue weighted by Crippen LogP contribution is -2.29. The number of carboxylic acid groups (broad SMARTS) is 1. The van der Waals surface area contributed by atoms with Crippen LogP contribution in [-0.4, -0.2) is 23.1 Å². The van der Waals surface area contributed by atoms with Gasteiger partial charge in [-0.05, 0) is 12.3 Å². The van der Waals surface area contributed by atoms with E-state index < -0.39 is 18.0 Å². The Bertz CT molecular complexity index is 231. The molecule has 4 nitrogen and oxygen atoms in total. The molecule has 0 aliphatic heterocycles. The molecule has 15 heavy (non-hydrogen) atoms. The van der Waals surface area contributed by atoms with Crippen molar-refractivity contribution in [3.63, 3.8) is 0 Å². The van der Waals surface area contributed by atoms with Crippen LogP contribution >= 0.6 is 0 Å². The van der Waals surface area contributed by atoms with Crippen LogP contribution in [-0.2, 0) is 14.3 Å². The number of aliphatic carboxylic acids is 1. The zero-order chi connectivity index (χ0) is 11.3. The second-order valence-electron chi connectivity index (χ2n) is 4.18. The highest BCUT2D eigenvalue weighted by molar-refractivity contribution is 5.76. The van der Waals surface area contributed by atoms with Gasteiger partial charge in [-0.3, -0.25) is 4.79 Å². The maximum absolute atomic E-state index is 10.8. The molecule has 0 amide bonds. The number of carbonyl (C=O) groups excluding carboxylic acids is 1. The van der Waals surface area contributed by atoms with Gasteiger partial charge in [-0.15, -0.1) is 0 Å². The van der Waals surface area contributed by atoms with Gasteiger partial charge in [0.05, 0.1) is 0 Å².